The maximum Gasteiger partial charge on any atom is 0.133 e. The molecule has 0 fully saturated rings. The van der Waals surface area contributed by atoms with Gasteiger partial charge in [-0.25, -0.2) is 0 Å². The van der Waals surface area contributed by atoms with Gasteiger partial charge in [-0.15, -0.1) is 0 Å². The molecule has 0 saturated carbocycles. The molecule has 2 rings (SSSR count). The summed E-state index contributed by atoms with van der Waals surface area (Å²) in [5.74, 6) is 0.926. The van der Waals surface area contributed by atoms with E-state index >= 15 is 0 Å². The summed E-state index contributed by atoms with van der Waals surface area (Å²) in [6.45, 7) is 5.17. The second-order valence-electron chi connectivity index (χ2n) is 4.66. The Hall–Kier alpha value is -1.65. The first-order chi connectivity index (χ1) is 9.90. The van der Waals surface area contributed by atoms with Crippen LogP contribution in [0.3, 0.4) is 0 Å². The number of nitrogens with zero attached hydrogens (tertiary/aromatic N) is 1. The maximum atomic E-state index is 5.68. The second kappa shape index (κ2) is 8.51. The molecule has 0 atom stereocenters. The van der Waals surface area contributed by atoms with Crippen LogP contribution >= 0.6 is 0 Å². The highest BCUT2D eigenvalue weighted by Crippen LogP contribution is 2.12. The lowest BCUT2D eigenvalue weighted by Gasteiger charge is -2.05. The zero-order valence-electron chi connectivity index (χ0n) is 12.0. The van der Waals surface area contributed by atoms with Gasteiger partial charge in [-0.1, -0.05) is 6.92 Å². The molecule has 2 aromatic rings. The fourth-order valence-corrected chi connectivity index (χ4v) is 2.00. The van der Waals surface area contributed by atoms with Crippen molar-refractivity contribution in [3.05, 3.63) is 53.7 Å². The number of aryl methyl sites for hydroxylation is 1. The van der Waals surface area contributed by atoms with Crippen molar-refractivity contribution in [1.29, 1.82) is 0 Å². The highest BCUT2D eigenvalue weighted by atomic mass is 16.5. The Morgan fingerprint density at radius 1 is 1.25 bits per heavy atom. The molecule has 0 unspecified atom stereocenters. The molecule has 2 heterocycles. The number of ether oxygens (including phenoxy) is 1. The number of pyridine rings is 1. The lowest BCUT2D eigenvalue weighted by atomic mass is 10.1. The molecule has 4 nitrogen and oxygen atoms in total. The van der Waals surface area contributed by atoms with E-state index in [1.165, 1.54) is 11.1 Å². The third kappa shape index (κ3) is 4.79. The minimum Gasteiger partial charge on any atom is -0.467 e. The topological polar surface area (TPSA) is 47.3 Å². The molecular formula is C16H22N2O2. The molecule has 1 N–H and O–H groups in total. The Kier molecular flexibility index (Phi) is 6.27. The third-order valence-electron chi connectivity index (χ3n) is 3.14. The van der Waals surface area contributed by atoms with Crippen molar-refractivity contribution < 1.29 is 9.15 Å². The van der Waals surface area contributed by atoms with Crippen LogP contribution in [0.2, 0.25) is 0 Å². The molecule has 4 heteroatoms. The first kappa shape index (κ1) is 14.8. The van der Waals surface area contributed by atoms with Gasteiger partial charge in [0.1, 0.15) is 12.4 Å². The van der Waals surface area contributed by atoms with Crippen LogP contribution in [0.15, 0.2) is 41.3 Å². The highest BCUT2D eigenvalue weighted by molar-refractivity contribution is 5.16. The van der Waals surface area contributed by atoms with Gasteiger partial charge in [-0.2, -0.15) is 0 Å². The van der Waals surface area contributed by atoms with Crippen LogP contribution in [-0.4, -0.2) is 18.1 Å². The van der Waals surface area contributed by atoms with Crippen molar-refractivity contribution in [2.75, 3.05) is 13.2 Å². The summed E-state index contributed by atoms with van der Waals surface area (Å²) in [7, 11) is 0. The van der Waals surface area contributed by atoms with Crippen molar-refractivity contribution in [3.63, 3.8) is 0 Å². The van der Waals surface area contributed by atoms with Crippen molar-refractivity contribution in [1.82, 2.24) is 10.3 Å². The fourth-order valence-electron chi connectivity index (χ4n) is 2.00. The molecule has 0 aliphatic carbocycles. The first-order valence-corrected chi connectivity index (χ1v) is 7.12. The van der Waals surface area contributed by atoms with E-state index in [-0.39, 0.29) is 0 Å². The van der Waals surface area contributed by atoms with E-state index in [0.717, 1.165) is 38.3 Å². The number of furan rings is 1. The Morgan fingerprint density at radius 2 is 2.10 bits per heavy atom. The van der Waals surface area contributed by atoms with Crippen molar-refractivity contribution >= 4 is 0 Å². The number of rotatable bonds is 9. The molecule has 0 amide bonds. The van der Waals surface area contributed by atoms with Crippen molar-refractivity contribution in [3.8, 4) is 0 Å². The SMILES string of the molecule is CCNCc1ccoc1COCCCc1ccncc1. The Morgan fingerprint density at radius 3 is 2.90 bits per heavy atom. The Bertz CT molecular complexity index is 482. The molecule has 0 saturated heterocycles. The van der Waals surface area contributed by atoms with Gasteiger partial charge in [0, 0.05) is 31.1 Å². The van der Waals surface area contributed by atoms with Crippen LogP contribution < -0.4 is 5.32 Å². The summed E-state index contributed by atoms with van der Waals surface area (Å²) < 4.78 is 11.1. The molecule has 0 aliphatic rings. The van der Waals surface area contributed by atoms with Crippen LogP contribution in [0.5, 0.6) is 0 Å². The van der Waals surface area contributed by atoms with Crippen LogP contribution in [0.4, 0.5) is 0 Å². The molecule has 20 heavy (non-hydrogen) atoms. The monoisotopic (exact) mass is 274 g/mol. The van der Waals surface area contributed by atoms with Gasteiger partial charge in [0.05, 0.1) is 6.26 Å². The summed E-state index contributed by atoms with van der Waals surface area (Å²) in [5, 5.41) is 3.29. The summed E-state index contributed by atoms with van der Waals surface area (Å²) in [6.07, 6.45) is 7.40. The van der Waals surface area contributed by atoms with E-state index in [4.69, 9.17) is 9.15 Å². The second-order valence-corrected chi connectivity index (χ2v) is 4.66. The normalized spacial score (nSPS) is 10.8. The Labute approximate surface area is 120 Å². The van der Waals surface area contributed by atoms with Crippen LogP contribution in [0.25, 0.3) is 0 Å². The Balaban J connectivity index is 1.65. The van der Waals surface area contributed by atoms with E-state index in [0.29, 0.717) is 6.61 Å². The van der Waals surface area contributed by atoms with E-state index < -0.39 is 0 Å². The predicted molar refractivity (Wildman–Crippen MR) is 78.3 cm³/mol. The number of aromatic nitrogens is 1. The minimum atomic E-state index is 0.546. The minimum absolute atomic E-state index is 0.546. The van der Waals surface area contributed by atoms with Gasteiger partial charge in [0.25, 0.3) is 0 Å². The van der Waals surface area contributed by atoms with E-state index in [2.05, 4.69) is 17.2 Å². The molecule has 0 aliphatic heterocycles. The van der Waals surface area contributed by atoms with E-state index in [9.17, 15) is 0 Å². The lowest BCUT2D eigenvalue weighted by Crippen LogP contribution is -2.12. The van der Waals surface area contributed by atoms with Gasteiger partial charge in [-0.3, -0.25) is 4.98 Å². The average Bonchev–Trinajstić information content (AvgIpc) is 2.93. The summed E-state index contributed by atoms with van der Waals surface area (Å²) in [5.41, 5.74) is 2.48. The molecule has 0 bridgehead atoms. The third-order valence-corrected chi connectivity index (χ3v) is 3.14. The predicted octanol–water partition coefficient (Wildman–Crippen LogP) is 2.93. The standard InChI is InChI=1S/C16H22N2O2/c1-2-17-12-15-7-11-20-16(15)13-19-10-3-4-14-5-8-18-9-6-14/h5-9,11,17H,2-4,10,12-13H2,1H3. The molecule has 0 aromatic carbocycles. The van der Waals surface area contributed by atoms with Crippen molar-refractivity contribution in [2.24, 2.45) is 0 Å². The number of hydrogen-bond donors (Lipinski definition) is 1. The summed E-state index contributed by atoms with van der Waals surface area (Å²) in [6, 6.07) is 6.08. The molecule has 2 aromatic heterocycles. The lowest BCUT2D eigenvalue weighted by molar-refractivity contribution is 0.103. The maximum absolute atomic E-state index is 5.68. The van der Waals surface area contributed by atoms with Gasteiger partial charge in [-0.05, 0) is 43.1 Å². The van der Waals surface area contributed by atoms with E-state index in [1.54, 1.807) is 6.26 Å². The zero-order chi connectivity index (χ0) is 14.0. The molecular weight excluding hydrogens is 252 g/mol. The van der Waals surface area contributed by atoms with Crippen molar-refractivity contribution in [2.45, 2.75) is 32.9 Å². The smallest absolute Gasteiger partial charge is 0.133 e. The fraction of sp³-hybridized carbons (Fsp3) is 0.438. The van der Waals surface area contributed by atoms with Gasteiger partial charge < -0.3 is 14.5 Å². The summed E-state index contributed by atoms with van der Waals surface area (Å²) >= 11 is 0. The molecule has 108 valence electrons. The quantitative estimate of drug-likeness (QED) is 0.714. The van der Waals surface area contributed by atoms with Gasteiger partial charge in [0.15, 0.2) is 0 Å². The molecule has 0 spiro atoms. The van der Waals surface area contributed by atoms with Gasteiger partial charge in [0.2, 0.25) is 0 Å². The van der Waals surface area contributed by atoms with Crippen LogP contribution in [0, 0.1) is 0 Å². The first-order valence-electron chi connectivity index (χ1n) is 7.12. The van der Waals surface area contributed by atoms with Crippen LogP contribution in [0.1, 0.15) is 30.2 Å². The van der Waals surface area contributed by atoms with Gasteiger partial charge >= 0.3 is 0 Å². The van der Waals surface area contributed by atoms with E-state index in [1.807, 2.05) is 30.6 Å². The summed E-state index contributed by atoms with van der Waals surface area (Å²) in [4.78, 5) is 4.01. The number of hydrogen-bond acceptors (Lipinski definition) is 4. The average molecular weight is 274 g/mol. The van der Waals surface area contributed by atoms with Crippen LogP contribution in [-0.2, 0) is 24.3 Å². The largest absolute Gasteiger partial charge is 0.467 e. The zero-order valence-corrected chi connectivity index (χ0v) is 12.0. The molecule has 0 radical (unpaired) electrons. The number of nitrogens with one attached hydrogen (secondary N) is 1. The highest BCUT2D eigenvalue weighted by Gasteiger charge is 2.05.